The van der Waals surface area contributed by atoms with Crippen molar-refractivity contribution in [1.29, 1.82) is 0 Å². The van der Waals surface area contributed by atoms with Crippen LogP contribution in [-0.2, 0) is 6.42 Å². The minimum atomic E-state index is 0.509. The zero-order valence-electron chi connectivity index (χ0n) is 12.7. The first-order valence-corrected chi connectivity index (χ1v) is 9.29. The van der Waals surface area contributed by atoms with Crippen molar-refractivity contribution in [3.63, 3.8) is 0 Å². The molecule has 0 fully saturated rings. The van der Waals surface area contributed by atoms with Gasteiger partial charge < -0.3 is 10.1 Å². The molecule has 0 bridgehead atoms. The molecule has 1 N–H and O–H groups in total. The summed E-state index contributed by atoms with van der Waals surface area (Å²) in [7, 11) is 1.74. The molecule has 0 aliphatic carbocycles. The van der Waals surface area contributed by atoms with Crippen LogP contribution in [-0.4, -0.2) is 31.2 Å². The van der Waals surface area contributed by atoms with Gasteiger partial charge in [-0.15, -0.1) is 0 Å². The zero-order valence-corrected chi connectivity index (χ0v) is 15.1. The van der Waals surface area contributed by atoms with E-state index in [2.05, 4.69) is 41.2 Å². The third-order valence-electron chi connectivity index (χ3n) is 3.06. The molecule has 0 aromatic heterocycles. The molecule has 0 aliphatic heterocycles. The van der Waals surface area contributed by atoms with E-state index >= 15 is 0 Å². The van der Waals surface area contributed by atoms with Crippen molar-refractivity contribution < 1.29 is 4.74 Å². The number of ether oxygens (including phenoxy) is 1. The van der Waals surface area contributed by atoms with Crippen LogP contribution < -0.4 is 10.1 Å². The van der Waals surface area contributed by atoms with E-state index < -0.39 is 0 Å². The fraction of sp³-hybridized carbons (Fsp3) is 0.625. The number of halogens is 1. The molecule has 2 nitrogen and oxygen atoms in total. The maximum absolute atomic E-state index is 5.48. The summed E-state index contributed by atoms with van der Waals surface area (Å²) in [5.74, 6) is 3.38. The molecule has 0 aliphatic rings. The van der Waals surface area contributed by atoms with E-state index in [4.69, 9.17) is 4.74 Å². The van der Waals surface area contributed by atoms with Crippen LogP contribution in [0.3, 0.4) is 0 Å². The SMILES string of the molecule is CCCNC(CSCCC)Cc1cc(Br)ccc1OC. The fourth-order valence-electron chi connectivity index (χ4n) is 2.08. The van der Waals surface area contributed by atoms with Crippen molar-refractivity contribution >= 4 is 27.7 Å². The molecule has 1 aromatic rings. The zero-order chi connectivity index (χ0) is 14.8. The van der Waals surface area contributed by atoms with Crippen LogP contribution in [0.4, 0.5) is 0 Å². The number of thioether (sulfide) groups is 1. The minimum Gasteiger partial charge on any atom is -0.496 e. The molecule has 0 radical (unpaired) electrons. The normalized spacial score (nSPS) is 12.4. The molecule has 1 aromatic carbocycles. The first kappa shape index (κ1) is 17.9. The second kappa shape index (κ2) is 10.5. The molecule has 0 spiro atoms. The van der Waals surface area contributed by atoms with Gasteiger partial charge in [0.05, 0.1) is 7.11 Å². The van der Waals surface area contributed by atoms with Gasteiger partial charge in [-0.2, -0.15) is 11.8 Å². The molecule has 0 saturated carbocycles. The molecule has 1 atom stereocenters. The average molecular weight is 360 g/mol. The van der Waals surface area contributed by atoms with Gasteiger partial charge in [-0.05, 0) is 55.3 Å². The van der Waals surface area contributed by atoms with Gasteiger partial charge in [-0.1, -0.05) is 29.8 Å². The largest absolute Gasteiger partial charge is 0.496 e. The summed E-state index contributed by atoms with van der Waals surface area (Å²) in [6.45, 7) is 5.52. The van der Waals surface area contributed by atoms with E-state index in [1.165, 1.54) is 24.2 Å². The molecule has 0 amide bonds. The number of hydrogen-bond donors (Lipinski definition) is 1. The monoisotopic (exact) mass is 359 g/mol. The second-order valence-electron chi connectivity index (χ2n) is 4.89. The van der Waals surface area contributed by atoms with Gasteiger partial charge >= 0.3 is 0 Å². The first-order chi connectivity index (χ1) is 9.71. The maximum Gasteiger partial charge on any atom is 0.122 e. The van der Waals surface area contributed by atoms with Crippen LogP contribution in [0, 0.1) is 0 Å². The highest BCUT2D eigenvalue weighted by molar-refractivity contribution is 9.10. The van der Waals surface area contributed by atoms with E-state index in [-0.39, 0.29) is 0 Å². The van der Waals surface area contributed by atoms with Gasteiger partial charge in [0.25, 0.3) is 0 Å². The summed E-state index contributed by atoms with van der Waals surface area (Å²) >= 11 is 5.58. The van der Waals surface area contributed by atoms with E-state index in [9.17, 15) is 0 Å². The van der Waals surface area contributed by atoms with Gasteiger partial charge in [0.1, 0.15) is 5.75 Å². The number of benzene rings is 1. The molecule has 0 heterocycles. The summed E-state index contributed by atoms with van der Waals surface area (Å²) in [6.07, 6.45) is 3.43. The highest BCUT2D eigenvalue weighted by Crippen LogP contribution is 2.25. The van der Waals surface area contributed by atoms with Crippen LogP contribution in [0.15, 0.2) is 22.7 Å². The summed E-state index contributed by atoms with van der Waals surface area (Å²) in [4.78, 5) is 0. The van der Waals surface area contributed by atoms with Crippen LogP contribution in [0.2, 0.25) is 0 Å². The Bertz CT molecular complexity index is 387. The highest BCUT2D eigenvalue weighted by atomic mass is 79.9. The van der Waals surface area contributed by atoms with Crippen molar-refractivity contribution in [2.75, 3.05) is 25.2 Å². The molecular weight excluding hydrogens is 334 g/mol. The summed E-state index contributed by atoms with van der Waals surface area (Å²) < 4.78 is 6.59. The van der Waals surface area contributed by atoms with E-state index in [0.29, 0.717) is 6.04 Å². The predicted octanol–water partition coefficient (Wildman–Crippen LogP) is 4.51. The molecule has 20 heavy (non-hydrogen) atoms. The highest BCUT2D eigenvalue weighted by Gasteiger charge is 2.12. The van der Waals surface area contributed by atoms with Crippen molar-refractivity contribution in [3.05, 3.63) is 28.2 Å². The Morgan fingerprint density at radius 3 is 2.75 bits per heavy atom. The lowest BCUT2D eigenvalue weighted by molar-refractivity contribution is 0.406. The lowest BCUT2D eigenvalue weighted by Gasteiger charge is -2.20. The second-order valence-corrected chi connectivity index (χ2v) is 6.95. The van der Waals surface area contributed by atoms with Gasteiger partial charge in [-0.25, -0.2) is 0 Å². The smallest absolute Gasteiger partial charge is 0.122 e. The Morgan fingerprint density at radius 1 is 1.30 bits per heavy atom. The van der Waals surface area contributed by atoms with Crippen molar-refractivity contribution in [1.82, 2.24) is 5.32 Å². The van der Waals surface area contributed by atoms with Crippen LogP contribution >= 0.6 is 27.7 Å². The number of rotatable bonds is 10. The maximum atomic E-state index is 5.48. The number of nitrogens with one attached hydrogen (secondary N) is 1. The fourth-order valence-corrected chi connectivity index (χ4v) is 3.46. The molecule has 4 heteroatoms. The van der Waals surface area contributed by atoms with Crippen molar-refractivity contribution in [3.8, 4) is 5.75 Å². The Balaban J connectivity index is 2.68. The summed E-state index contributed by atoms with van der Waals surface area (Å²) in [6, 6.07) is 6.75. The first-order valence-electron chi connectivity index (χ1n) is 7.34. The lowest BCUT2D eigenvalue weighted by atomic mass is 10.1. The van der Waals surface area contributed by atoms with Crippen molar-refractivity contribution in [2.45, 2.75) is 39.2 Å². The van der Waals surface area contributed by atoms with Crippen LogP contribution in [0.5, 0.6) is 5.75 Å². The lowest BCUT2D eigenvalue weighted by Crippen LogP contribution is -2.34. The third-order valence-corrected chi connectivity index (χ3v) is 4.89. The van der Waals surface area contributed by atoms with Crippen LogP contribution in [0.1, 0.15) is 32.3 Å². The Morgan fingerprint density at radius 2 is 2.10 bits per heavy atom. The Labute approximate surface area is 136 Å². The minimum absolute atomic E-state index is 0.509. The van der Waals surface area contributed by atoms with Gasteiger partial charge in [0, 0.05) is 16.3 Å². The Kier molecular flexibility index (Phi) is 9.40. The average Bonchev–Trinajstić information content (AvgIpc) is 2.45. The molecule has 114 valence electrons. The van der Waals surface area contributed by atoms with E-state index in [1.807, 2.05) is 23.9 Å². The summed E-state index contributed by atoms with van der Waals surface area (Å²) in [5.41, 5.74) is 1.27. The van der Waals surface area contributed by atoms with Gasteiger partial charge in [0.15, 0.2) is 0 Å². The van der Waals surface area contributed by atoms with E-state index in [1.54, 1.807) is 7.11 Å². The summed E-state index contributed by atoms with van der Waals surface area (Å²) in [5, 5.41) is 3.66. The predicted molar refractivity (Wildman–Crippen MR) is 94.1 cm³/mol. The molecule has 1 unspecified atom stereocenters. The topological polar surface area (TPSA) is 21.3 Å². The molecule has 0 saturated heterocycles. The van der Waals surface area contributed by atoms with E-state index in [0.717, 1.165) is 28.9 Å². The van der Waals surface area contributed by atoms with Gasteiger partial charge in [0.2, 0.25) is 0 Å². The molecule has 1 rings (SSSR count). The third kappa shape index (κ3) is 6.51. The molecular formula is C16H26BrNOS. The van der Waals surface area contributed by atoms with Gasteiger partial charge in [-0.3, -0.25) is 0 Å². The Hall–Kier alpha value is -0.190. The number of methoxy groups -OCH3 is 1. The quantitative estimate of drug-likeness (QED) is 0.620. The van der Waals surface area contributed by atoms with Crippen molar-refractivity contribution in [2.24, 2.45) is 0 Å². The van der Waals surface area contributed by atoms with Crippen LogP contribution in [0.25, 0.3) is 0 Å². The number of hydrogen-bond acceptors (Lipinski definition) is 3. The standard InChI is InChI=1S/C16H26BrNOS/c1-4-8-18-15(12-20-9-5-2)11-13-10-14(17)6-7-16(13)19-3/h6-7,10,15,18H,4-5,8-9,11-12H2,1-3H3.